The number of hydrogen-bond donors (Lipinski definition) is 0. The molecule has 0 bridgehead atoms. The van der Waals surface area contributed by atoms with E-state index in [4.69, 9.17) is 4.74 Å². The summed E-state index contributed by atoms with van der Waals surface area (Å²) in [5, 5.41) is 0. The third-order valence-electron chi connectivity index (χ3n) is 2.50. The first-order chi connectivity index (χ1) is 6.83. The lowest BCUT2D eigenvalue weighted by Gasteiger charge is -2.04. The zero-order valence-electron chi connectivity index (χ0n) is 8.10. The molecule has 1 fully saturated rings. The van der Waals surface area contributed by atoms with Crippen LogP contribution in [-0.2, 0) is 0 Å². The van der Waals surface area contributed by atoms with Crippen molar-refractivity contribution in [3.05, 3.63) is 30.2 Å². The topological polar surface area (TPSA) is 26.5 Å². The van der Waals surface area contributed by atoms with Crippen molar-refractivity contribution in [3.8, 4) is 5.75 Å². The predicted octanol–water partition coefficient (Wildman–Crippen LogP) is 2.18. The maximum Gasteiger partial charge on any atom is 0.140 e. The Bertz CT molecular complexity index is 471. The van der Waals surface area contributed by atoms with Gasteiger partial charge in [0.2, 0.25) is 0 Å². The second-order valence-electron chi connectivity index (χ2n) is 3.81. The van der Waals surface area contributed by atoms with E-state index in [0.717, 1.165) is 17.1 Å². The normalized spacial score (nSPS) is 16.1. The second kappa shape index (κ2) is 2.74. The van der Waals surface area contributed by atoms with Crippen molar-refractivity contribution in [3.63, 3.8) is 0 Å². The van der Waals surface area contributed by atoms with Crippen LogP contribution in [0.1, 0.15) is 18.5 Å². The van der Waals surface area contributed by atoms with Crippen molar-refractivity contribution in [2.24, 2.45) is 0 Å². The van der Waals surface area contributed by atoms with Gasteiger partial charge in [-0.25, -0.2) is 4.98 Å². The number of rotatable bonds is 2. The summed E-state index contributed by atoms with van der Waals surface area (Å²) in [5.74, 6) is 0.936. The number of aromatic nitrogens is 2. The van der Waals surface area contributed by atoms with Crippen LogP contribution < -0.4 is 4.74 Å². The molecule has 0 aliphatic heterocycles. The van der Waals surface area contributed by atoms with E-state index in [2.05, 4.69) is 9.38 Å². The van der Waals surface area contributed by atoms with E-state index in [1.165, 1.54) is 12.8 Å². The van der Waals surface area contributed by atoms with Gasteiger partial charge in [-0.05, 0) is 25.8 Å². The van der Waals surface area contributed by atoms with Crippen molar-refractivity contribution < 1.29 is 4.74 Å². The molecule has 2 aromatic heterocycles. The van der Waals surface area contributed by atoms with Gasteiger partial charge in [-0.2, -0.15) is 0 Å². The average molecular weight is 188 g/mol. The van der Waals surface area contributed by atoms with Crippen molar-refractivity contribution >= 4 is 5.65 Å². The van der Waals surface area contributed by atoms with E-state index in [1.54, 1.807) is 0 Å². The maximum atomic E-state index is 5.69. The first kappa shape index (κ1) is 7.85. The van der Waals surface area contributed by atoms with Crippen LogP contribution in [0.4, 0.5) is 0 Å². The molecule has 3 heteroatoms. The van der Waals surface area contributed by atoms with Crippen LogP contribution in [-0.4, -0.2) is 15.5 Å². The molecule has 0 amide bonds. The van der Waals surface area contributed by atoms with Gasteiger partial charge in [0.15, 0.2) is 0 Å². The molecule has 14 heavy (non-hydrogen) atoms. The van der Waals surface area contributed by atoms with Gasteiger partial charge >= 0.3 is 0 Å². The lowest BCUT2D eigenvalue weighted by atomic mass is 10.4. The Kier molecular flexibility index (Phi) is 1.54. The minimum atomic E-state index is 0.452. The first-order valence-electron chi connectivity index (χ1n) is 4.93. The molecule has 1 aliphatic carbocycles. The molecule has 2 heterocycles. The number of imidazole rings is 1. The maximum absolute atomic E-state index is 5.69. The zero-order chi connectivity index (χ0) is 9.54. The zero-order valence-corrected chi connectivity index (χ0v) is 8.10. The number of nitrogens with zero attached hydrogens (tertiary/aromatic N) is 2. The summed E-state index contributed by atoms with van der Waals surface area (Å²) in [6, 6.07) is 3.99. The highest BCUT2D eigenvalue weighted by molar-refractivity contribution is 5.45. The minimum Gasteiger partial charge on any atom is -0.490 e. The molecule has 0 unspecified atom stereocenters. The highest BCUT2D eigenvalue weighted by Crippen LogP contribution is 2.27. The van der Waals surface area contributed by atoms with E-state index in [-0.39, 0.29) is 0 Å². The van der Waals surface area contributed by atoms with Crippen LogP contribution in [0.15, 0.2) is 24.5 Å². The highest BCUT2D eigenvalue weighted by atomic mass is 16.5. The van der Waals surface area contributed by atoms with Gasteiger partial charge < -0.3 is 9.14 Å². The number of hydrogen-bond acceptors (Lipinski definition) is 2. The van der Waals surface area contributed by atoms with Crippen molar-refractivity contribution in [1.29, 1.82) is 0 Å². The molecule has 72 valence electrons. The molecule has 0 saturated heterocycles. The van der Waals surface area contributed by atoms with E-state index >= 15 is 0 Å². The first-order valence-corrected chi connectivity index (χ1v) is 4.93. The van der Waals surface area contributed by atoms with Gasteiger partial charge in [0.05, 0.1) is 6.10 Å². The molecule has 1 saturated carbocycles. The Labute approximate surface area is 82.3 Å². The van der Waals surface area contributed by atoms with E-state index in [1.807, 2.05) is 31.5 Å². The van der Waals surface area contributed by atoms with Crippen molar-refractivity contribution in [1.82, 2.24) is 9.38 Å². The Morgan fingerprint density at radius 3 is 3.14 bits per heavy atom. The molecule has 3 nitrogen and oxygen atoms in total. The van der Waals surface area contributed by atoms with Crippen LogP contribution >= 0.6 is 0 Å². The summed E-state index contributed by atoms with van der Waals surface area (Å²) in [6.45, 7) is 2.04. The summed E-state index contributed by atoms with van der Waals surface area (Å²) in [6.07, 6.45) is 6.72. The predicted molar refractivity (Wildman–Crippen MR) is 53.6 cm³/mol. The fourth-order valence-corrected chi connectivity index (χ4v) is 1.54. The smallest absolute Gasteiger partial charge is 0.140 e. The third-order valence-corrected chi connectivity index (χ3v) is 2.50. The van der Waals surface area contributed by atoms with Crippen LogP contribution in [0.5, 0.6) is 5.75 Å². The molecule has 0 N–H and O–H groups in total. The van der Waals surface area contributed by atoms with Crippen molar-refractivity contribution in [2.45, 2.75) is 25.9 Å². The van der Waals surface area contributed by atoms with Gasteiger partial charge in [0.25, 0.3) is 0 Å². The fourth-order valence-electron chi connectivity index (χ4n) is 1.54. The SMILES string of the molecule is Cc1cnc2cc(OC3CC3)ccn12. The highest BCUT2D eigenvalue weighted by Gasteiger charge is 2.23. The summed E-state index contributed by atoms with van der Waals surface area (Å²) in [7, 11) is 0. The molecule has 0 radical (unpaired) electrons. The Balaban J connectivity index is 2.01. The standard InChI is InChI=1S/C11H12N2O/c1-8-7-12-11-6-10(4-5-13(8)11)14-9-2-3-9/h4-7,9H,2-3H2,1H3. The number of aryl methyl sites for hydroxylation is 1. The molecule has 0 atom stereocenters. The Morgan fingerprint density at radius 1 is 1.50 bits per heavy atom. The van der Waals surface area contributed by atoms with Gasteiger partial charge in [-0.15, -0.1) is 0 Å². The molecule has 0 spiro atoms. The van der Waals surface area contributed by atoms with Gasteiger partial charge in [0, 0.05) is 24.2 Å². The number of ether oxygens (including phenoxy) is 1. The van der Waals surface area contributed by atoms with E-state index in [0.29, 0.717) is 6.10 Å². The summed E-state index contributed by atoms with van der Waals surface area (Å²) >= 11 is 0. The average Bonchev–Trinajstić information content (AvgIpc) is 2.92. The third kappa shape index (κ3) is 1.25. The van der Waals surface area contributed by atoms with Crippen molar-refractivity contribution in [2.75, 3.05) is 0 Å². The van der Waals surface area contributed by atoms with Crippen LogP contribution in [0.25, 0.3) is 5.65 Å². The molecule has 3 rings (SSSR count). The Hall–Kier alpha value is -1.51. The summed E-state index contributed by atoms with van der Waals surface area (Å²) in [5.41, 5.74) is 2.11. The quantitative estimate of drug-likeness (QED) is 0.722. The van der Waals surface area contributed by atoms with Crippen LogP contribution in [0.3, 0.4) is 0 Å². The summed E-state index contributed by atoms with van der Waals surface area (Å²) in [4.78, 5) is 4.29. The monoisotopic (exact) mass is 188 g/mol. The molecule has 0 aromatic carbocycles. The fraction of sp³-hybridized carbons (Fsp3) is 0.364. The number of fused-ring (bicyclic) bond motifs is 1. The van der Waals surface area contributed by atoms with Crippen LogP contribution in [0, 0.1) is 6.92 Å². The minimum absolute atomic E-state index is 0.452. The lowest BCUT2D eigenvalue weighted by molar-refractivity contribution is 0.303. The van der Waals surface area contributed by atoms with Crippen LogP contribution in [0.2, 0.25) is 0 Å². The molecular weight excluding hydrogens is 176 g/mol. The largest absolute Gasteiger partial charge is 0.490 e. The van der Waals surface area contributed by atoms with Gasteiger partial charge in [-0.1, -0.05) is 0 Å². The lowest BCUT2D eigenvalue weighted by Crippen LogP contribution is -1.96. The van der Waals surface area contributed by atoms with E-state index < -0.39 is 0 Å². The second-order valence-corrected chi connectivity index (χ2v) is 3.81. The van der Waals surface area contributed by atoms with E-state index in [9.17, 15) is 0 Å². The summed E-state index contributed by atoms with van der Waals surface area (Å²) < 4.78 is 7.74. The molecule has 1 aliphatic rings. The van der Waals surface area contributed by atoms with Gasteiger partial charge in [-0.3, -0.25) is 0 Å². The van der Waals surface area contributed by atoms with Gasteiger partial charge in [0.1, 0.15) is 11.4 Å². The number of pyridine rings is 1. The Morgan fingerprint density at radius 2 is 2.36 bits per heavy atom. The molecule has 2 aromatic rings. The molecular formula is C11H12N2O.